The van der Waals surface area contributed by atoms with Gasteiger partial charge in [-0.2, -0.15) is 0 Å². The monoisotopic (exact) mass is 297 g/mol. The molecule has 0 aliphatic rings. The molecule has 0 fully saturated rings. The summed E-state index contributed by atoms with van der Waals surface area (Å²) in [5.74, 6) is -0.807. The quantitative estimate of drug-likeness (QED) is 0.918. The summed E-state index contributed by atoms with van der Waals surface area (Å²) in [6.45, 7) is 4.53. The zero-order valence-electron chi connectivity index (χ0n) is 11.0. The Balaban J connectivity index is 2.25. The Bertz CT molecular complexity index is 564. The first-order valence-electron chi connectivity index (χ1n) is 5.81. The zero-order valence-corrected chi connectivity index (χ0v) is 12.6. The van der Waals surface area contributed by atoms with Gasteiger partial charge in [-0.05, 0) is 5.92 Å². The number of hydrogen-bond acceptors (Lipinski definition) is 6. The Labute approximate surface area is 119 Å². The number of hydrogen-bond donors (Lipinski definition) is 1. The minimum absolute atomic E-state index is 0.101. The summed E-state index contributed by atoms with van der Waals surface area (Å²) in [6, 6.07) is 0. The molecule has 2 rings (SSSR count). The largest absolute Gasteiger partial charge is 0.477 e. The van der Waals surface area contributed by atoms with Gasteiger partial charge in [0.05, 0.1) is 23.4 Å². The van der Waals surface area contributed by atoms with Crippen LogP contribution in [0.3, 0.4) is 0 Å². The molecule has 7 heteroatoms. The zero-order chi connectivity index (χ0) is 14.0. The fourth-order valence-electron chi connectivity index (χ4n) is 1.65. The number of anilines is 1. The maximum Gasteiger partial charge on any atom is 0.347 e. The van der Waals surface area contributed by atoms with E-state index in [4.69, 9.17) is 0 Å². The molecule has 0 spiro atoms. The van der Waals surface area contributed by atoms with E-state index in [0.717, 1.165) is 5.69 Å². The minimum atomic E-state index is -0.908. The number of aromatic nitrogens is 2. The SMILES string of the molecule is CC(C)c1nc(N(C)Cc2cscn2)sc1C(=O)O. The van der Waals surface area contributed by atoms with Gasteiger partial charge >= 0.3 is 5.97 Å². The Morgan fingerprint density at radius 2 is 2.26 bits per heavy atom. The molecule has 2 aromatic rings. The lowest BCUT2D eigenvalue weighted by Gasteiger charge is -2.13. The third-order valence-corrected chi connectivity index (χ3v) is 4.40. The van der Waals surface area contributed by atoms with E-state index in [-0.39, 0.29) is 5.92 Å². The normalized spacial score (nSPS) is 10.9. The molecular weight excluding hydrogens is 282 g/mol. The van der Waals surface area contributed by atoms with Crippen molar-refractivity contribution in [3.8, 4) is 0 Å². The van der Waals surface area contributed by atoms with Crippen molar-refractivity contribution in [2.45, 2.75) is 26.3 Å². The summed E-state index contributed by atoms with van der Waals surface area (Å²) in [5.41, 5.74) is 3.40. The molecule has 0 saturated carbocycles. The highest BCUT2D eigenvalue weighted by atomic mass is 32.1. The second kappa shape index (κ2) is 5.66. The Kier molecular flexibility index (Phi) is 4.16. The predicted octanol–water partition coefficient (Wildman–Crippen LogP) is 3.06. The van der Waals surface area contributed by atoms with Gasteiger partial charge < -0.3 is 10.0 Å². The van der Waals surface area contributed by atoms with Crippen molar-refractivity contribution >= 4 is 33.8 Å². The van der Waals surface area contributed by atoms with Crippen LogP contribution in [0.1, 0.15) is 40.8 Å². The van der Waals surface area contributed by atoms with Crippen LogP contribution >= 0.6 is 22.7 Å². The first-order valence-corrected chi connectivity index (χ1v) is 7.57. The lowest BCUT2D eigenvalue weighted by molar-refractivity contribution is 0.0700. The topological polar surface area (TPSA) is 66.3 Å². The van der Waals surface area contributed by atoms with E-state index < -0.39 is 5.97 Å². The van der Waals surface area contributed by atoms with E-state index >= 15 is 0 Å². The van der Waals surface area contributed by atoms with Crippen molar-refractivity contribution in [2.75, 3.05) is 11.9 Å². The third-order valence-electron chi connectivity index (χ3n) is 2.59. The lowest BCUT2D eigenvalue weighted by Crippen LogP contribution is -2.16. The first kappa shape index (κ1) is 14.0. The smallest absolute Gasteiger partial charge is 0.347 e. The number of nitrogens with zero attached hydrogens (tertiary/aromatic N) is 3. The molecule has 0 atom stereocenters. The van der Waals surface area contributed by atoms with E-state index in [1.54, 1.807) is 16.8 Å². The van der Waals surface area contributed by atoms with Crippen molar-refractivity contribution < 1.29 is 9.90 Å². The fraction of sp³-hybridized carbons (Fsp3) is 0.417. The highest BCUT2D eigenvalue weighted by molar-refractivity contribution is 7.17. The molecule has 19 heavy (non-hydrogen) atoms. The first-order chi connectivity index (χ1) is 8.99. The number of aromatic carboxylic acids is 1. The van der Waals surface area contributed by atoms with Crippen LogP contribution in [0.5, 0.6) is 0 Å². The van der Waals surface area contributed by atoms with Crippen LogP contribution in [0.15, 0.2) is 10.9 Å². The number of rotatable bonds is 5. The molecule has 0 saturated heterocycles. The van der Waals surface area contributed by atoms with E-state index in [1.165, 1.54) is 11.3 Å². The molecule has 0 amide bonds. The van der Waals surface area contributed by atoms with Crippen LogP contribution in [0.25, 0.3) is 0 Å². The van der Waals surface area contributed by atoms with Gasteiger partial charge in [0.2, 0.25) is 0 Å². The molecule has 0 unspecified atom stereocenters. The number of thiazole rings is 2. The molecular formula is C12H15N3O2S2. The highest BCUT2D eigenvalue weighted by Gasteiger charge is 2.21. The van der Waals surface area contributed by atoms with Gasteiger partial charge in [-0.25, -0.2) is 14.8 Å². The molecule has 2 aromatic heterocycles. The third kappa shape index (κ3) is 3.10. The average Bonchev–Trinajstić information content (AvgIpc) is 2.96. The summed E-state index contributed by atoms with van der Waals surface area (Å²) in [7, 11) is 1.90. The summed E-state index contributed by atoms with van der Waals surface area (Å²) in [4.78, 5) is 22.1. The van der Waals surface area contributed by atoms with Crippen LogP contribution in [0.4, 0.5) is 5.13 Å². The predicted molar refractivity (Wildman–Crippen MR) is 77.4 cm³/mol. The summed E-state index contributed by atoms with van der Waals surface area (Å²) in [6.07, 6.45) is 0. The molecule has 5 nitrogen and oxygen atoms in total. The van der Waals surface area contributed by atoms with Crippen molar-refractivity contribution in [2.24, 2.45) is 0 Å². The van der Waals surface area contributed by atoms with Gasteiger partial charge in [-0.1, -0.05) is 25.2 Å². The van der Waals surface area contributed by atoms with Crippen LogP contribution < -0.4 is 4.90 Å². The van der Waals surface area contributed by atoms with E-state index in [2.05, 4.69) is 9.97 Å². The Morgan fingerprint density at radius 1 is 1.53 bits per heavy atom. The van der Waals surface area contributed by atoms with Crippen LogP contribution in [-0.4, -0.2) is 28.1 Å². The number of carboxylic acids is 1. The molecule has 102 valence electrons. The molecule has 0 aliphatic heterocycles. The van der Waals surface area contributed by atoms with E-state index in [1.807, 2.05) is 31.2 Å². The van der Waals surface area contributed by atoms with Gasteiger partial charge in [0.1, 0.15) is 4.88 Å². The van der Waals surface area contributed by atoms with Crippen molar-refractivity contribution in [1.29, 1.82) is 0 Å². The molecule has 0 radical (unpaired) electrons. The minimum Gasteiger partial charge on any atom is -0.477 e. The van der Waals surface area contributed by atoms with Crippen molar-refractivity contribution in [3.05, 3.63) is 27.2 Å². The van der Waals surface area contributed by atoms with Crippen LogP contribution in [0.2, 0.25) is 0 Å². The number of carboxylic acid groups (broad SMARTS) is 1. The number of carbonyl (C=O) groups is 1. The maximum absolute atomic E-state index is 11.2. The molecule has 0 bridgehead atoms. The van der Waals surface area contributed by atoms with Crippen LogP contribution in [0, 0.1) is 0 Å². The van der Waals surface area contributed by atoms with Crippen molar-refractivity contribution in [3.63, 3.8) is 0 Å². The summed E-state index contributed by atoms with van der Waals surface area (Å²) < 4.78 is 0. The second-order valence-corrected chi connectivity index (χ2v) is 6.20. The second-order valence-electron chi connectivity index (χ2n) is 4.51. The molecule has 0 aliphatic carbocycles. The standard InChI is InChI=1S/C12H15N3O2S2/c1-7(2)9-10(11(16)17)19-12(14-9)15(3)4-8-5-18-6-13-8/h5-7H,4H2,1-3H3,(H,16,17). The molecule has 2 heterocycles. The highest BCUT2D eigenvalue weighted by Crippen LogP contribution is 2.30. The van der Waals surface area contributed by atoms with Crippen molar-refractivity contribution in [1.82, 2.24) is 9.97 Å². The van der Waals surface area contributed by atoms with E-state index in [0.29, 0.717) is 22.2 Å². The fourth-order valence-corrected chi connectivity index (χ4v) is 3.22. The van der Waals surface area contributed by atoms with E-state index in [9.17, 15) is 9.90 Å². The summed E-state index contributed by atoms with van der Waals surface area (Å²) >= 11 is 2.76. The lowest BCUT2D eigenvalue weighted by atomic mass is 10.1. The van der Waals surface area contributed by atoms with Gasteiger partial charge in [0.25, 0.3) is 0 Å². The average molecular weight is 297 g/mol. The molecule has 1 N–H and O–H groups in total. The Morgan fingerprint density at radius 3 is 2.74 bits per heavy atom. The Hall–Kier alpha value is -1.47. The maximum atomic E-state index is 11.2. The van der Waals surface area contributed by atoms with Gasteiger partial charge in [0.15, 0.2) is 5.13 Å². The van der Waals surface area contributed by atoms with Gasteiger partial charge in [-0.15, -0.1) is 11.3 Å². The summed E-state index contributed by atoms with van der Waals surface area (Å²) in [5, 5.41) is 11.9. The van der Waals surface area contributed by atoms with Gasteiger partial charge in [-0.3, -0.25) is 0 Å². The van der Waals surface area contributed by atoms with Gasteiger partial charge in [0, 0.05) is 12.4 Å². The van der Waals surface area contributed by atoms with Crippen LogP contribution in [-0.2, 0) is 6.54 Å². The molecule has 0 aromatic carbocycles.